The third-order valence-corrected chi connectivity index (χ3v) is 5.91. The average Bonchev–Trinajstić information content (AvgIpc) is 2.69. The van der Waals surface area contributed by atoms with E-state index < -0.39 is 0 Å². The van der Waals surface area contributed by atoms with Crippen LogP contribution in [-0.2, 0) is 11.3 Å². The number of amidine groups is 1. The summed E-state index contributed by atoms with van der Waals surface area (Å²) in [4.78, 5) is 30.3. The van der Waals surface area contributed by atoms with Crippen molar-refractivity contribution in [2.24, 2.45) is 4.99 Å². The predicted octanol–water partition coefficient (Wildman–Crippen LogP) is 4.90. The fraction of sp³-hybridized carbons (Fsp3) is 0.250. The van der Waals surface area contributed by atoms with Gasteiger partial charge >= 0.3 is 0 Å². The van der Waals surface area contributed by atoms with Crippen LogP contribution in [0.15, 0.2) is 47.5 Å². The molecule has 0 aromatic heterocycles. The second-order valence-corrected chi connectivity index (χ2v) is 8.13. The smallest absolute Gasteiger partial charge is 0.259 e. The van der Waals surface area contributed by atoms with E-state index in [0.29, 0.717) is 39.6 Å². The molecule has 1 heterocycles. The van der Waals surface area contributed by atoms with Gasteiger partial charge in [-0.3, -0.25) is 14.5 Å². The topological polar surface area (TPSA) is 61.8 Å². The molecule has 0 unspecified atom stereocenters. The highest BCUT2D eigenvalue weighted by molar-refractivity contribution is 8.13. The van der Waals surface area contributed by atoms with Crippen molar-refractivity contribution in [2.45, 2.75) is 19.9 Å². The van der Waals surface area contributed by atoms with Crippen molar-refractivity contribution >= 4 is 57.6 Å². The summed E-state index contributed by atoms with van der Waals surface area (Å²) in [5, 5.41) is 4.28. The van der Waals surface area contributed by atoms with Gasteiger partial charge in [-0.25, -0.2) is 4.99 Å². The molecule has 1 aliphatic rings. The van der Waals surface area contributed by atoms with Crippen LogP contribution in [0, 0.1) is 0 Å². The number of thioether (sulfide) groups is 1. The average molecular weight is 436 g/mol. The molecule has 1 aliphatic heterocycles. The molecule has 5 nitrogen and oxygen atoms in total. The fourth-order valence-electron chi connectivity index (χ4n) is 2.65. The van der Waals surface area contributed by atoms with Crippen LogP contribution in [0.5, 0.6) is 0 Å². The predicted molar refractivity (Wildman–Crippen MR) is 116 cm³/mol. The van der Waals surface area contributed by atoms with E-state index in [4.69, 9.17) is 23.2 Å². The summed E-state index contributed by atoms with van der Waals surface area (Å²) >= 11 is 13.6. The summed E-state index contributed by atoms with van der Waals surface area (Å²) in [5.41, 5.74) is 2.17. The molecule has 146 valence electrons. The van der Waals surface area contributed by atoms with Gasteiger partial charge in [0.2, 0.25) is 5.91 Å². The molecule has 8 heteroatoms. The minimum absolute atomic E-state index is 0.0892. The Bertz CT molecular complexity index is 916. The van der Waals surface area contributed by atoms with Gasteiger partial charge in [-0.2, -0.15) is 0 Å². The third-order valence-electron chi connectivity index (χ3n) is 4.10. The van der Waals surface area contributed by atoms with Gasteiger partial charge < -0.3 is 5.32 Å². The molecule has 28 heavy (non-hydrogen) atoms. The first-order valence-electron chi connectivity index (χ1n) is 8.76. The molecule has 3 rings (SSSR count). The van der Waals surface area contributed by atoms with Crippen LogP contribution < -0.4 is 5.32 Å². The van der Waals surface area contributed by atoms with E-state index in [2.05, 4.69) is 10.3 Å². The third kappa shape index (κ3) is 5.28. The number of carbonyl (C=O) groups excluding carboxylic acids is 2. The number of carbonyl (C=O) groups is 2. The van der Waals surface area contributed by atoms with Gasteiger partial charge in [0.25, 0.3) is 5.91 Å². The van der Waals surface area contributed by atoms with Gasteiger partial charge in [0, 0.05) is 31.3 Å². The van der Waals surface area contributed by atoms with E-state index in [0.717, 1.165) is 17.7 Å². The van der Waals surface area contributed by atoms with Crippen LogP contribution in [-0.4, -0.2) is 34.2 Å². The van der Waals surface area contributed by atoms with Gasteiger partial charge in [-0.15, -0.1) is 0 Å². The van der Waals surface area contributed by atoms with Crippen LogP contribution in [0.1, 0.15) is 29.3 Å². The molecule has 0 bridgehead atoms. The molecule has 1 N–H and O–H groups in total. The van der Waals surface area contributed by atoms with Crippen molar-refractivity contribution in [3.05, 3.63) is 63.6 Å². The molecule has 0 spiro atoms. The Morgan fingerprint density at radius 2 is 1.89 bits per heavy atom. The zero-order valence-electron chi connectivity index (χ0n) is 15.2. The van der Waals surface area contributed by atoms with Crippen LogP contribution >= 0.6 is 35.0 Å². The van der Waals surface area contributed by atoms with Crippen molar-refractivity contribution in [3.63, 3.8) is 0 Å². The number of nitrogens with zero attached hydrogens (tertiary/aromatic N) is 2. The molecule has 0 saturated carbocycles. The zero-order valence-corrected chi connectivity index (χ0v) is 17.6. The van der Waals surface area contributed by atoms with Gasteiger partial charge in [-0.05, 0) is 42.3 Å². The molecule has 1 fully saturated rings. The van der Waals surface area contributed by atoms with E-state index >= 15 is 0 Å². The minimum Gasteiger partial charge on any atom is -0.352 e. The van der Waals surface area contributed by atoms with Crippen molar-refractivity contribution in [1.82, 2.24) is 10.2 Å². The van der Waals surface area contributed by atoms with E-state index in [1.165, 1.54) is 6.92 Å². The first kappa shape index (κ1) is 20.7. The lowest BCUT2D eigenvalue weighted by Crippen LogP contribution is -2.39. The molecular weight excluding hydrogens is 417 g/mol. The molecule has 1 saturated heterocycles. The quantitative estimate of drug-likeness (QED) is 0.742. The summed E-state index contributed by atoms with van der Waals surface area (Å²) in [6.45, 7) is 2.52. The van der Waals surface area contributed by atoms with E-state index in [1.54, 1.807) is 47.0 Å². The Hall–Kier alpha value is -2.02. The molecule has 0 radical (unpaired) electrons. The maximum Gasteiger partial charge on any atom is 0.259 e. The standard InChI is InChI=1S/C20H19Cl2N3O2S/c1-13(26)23-12-14-3-5-15(6-4-14)19(27)25-9-2-10-28-20(25)24-16-7-8-17(21)18(22)11-16/h3-8,11H,2,9-10,12H2,1H3,(H,23,26). The van der Waals surface area contributed by atoms with E-state index in [9.17, 15) is 9.59 Å². The first-order valence-corrected chi connectivity index (χ1v) is 10.5. The first-order chi connectivity index (χ1) is 13.4. The number of nitrogens with one attached hydrogen (secondary N) is 1. The van der Waals surface area contributed by atoms with Crippen molar-refractivity contribution in [1.29, 1.82) is 0 Å². The van der Waals surface area contributed by atoms with Crippen molar-refractivity contribution < 1.29 is 9.59 Å². The molecule has 0 atom stereocenters. The summed E-state index contributed by atoms with van der Waals surface area (Å²) < 4.78 is 0. The second kappa shape index (κ2) is 9.45. The van der Waals surface area contributed by atoms with Gasteiger partial charge in [-0.1, -0.05) is 47.1 Å². The van der Waals surface area contributed by atoms with Gasteiger partial charge in [0.15, 0.2) is 5.17 Å². The van der Waals surface area contributed by atoms with E-state index in [1.807, 2.05) is 12.1 Å². The normalized spacial score (nSPS) is 15.5. The number of amides is 2. The minimum atomic E-state index is -0.0999. The van der Waals surface area contributed by atoms with Crippen LogP contribution in [0.2, 0.25) is 10.0 Å². The highest BCUT2D eigenvalue weighted by Crippen LogP contribution is 2.29. The Kier molecular flexibility index (Phi) is 6.99. The SMILES string of the molecule is CC(=O)NCc1ccc(C(=O)N2CCCSC2=Nc2ccc(Cl)c(Cl)c2)cc1. The lowest BCUT2D eigenvalue weighted by atomic mass is 10.1. The maximum absolute atomic E-state index is 13.0. The molecule has 0 aliphatic carbocycles. The largest absolute Gasteiger partial charge is 0.352 e. The molecular formula is C20H19Cl2N3O2S. The number of rotatable bonds is 4. The monoisotopic (exact) mass is 435 g/mol. The lowest BCUT2D eigenvalue weighted by molar-refractivity contribution is -0.119. The van der Waals surface area contributed by atoms with E-state index in [-0.39, 0.29) is 11.8 Å². The molecule has 2 aromatic carbocycles. The zero-order chi connectivity index (χ0) is 20.1. The number of aliphatic imine (C=N–C) groups is 1. The van der Waals surface area contributed by atoms with Crippen LogP contribution in [0.3, 0.4) is 0 Å². The van der Waals surface area contributed by atoms with Crippen LogP contribution in [0.25, 0.3) is 0 Å². The maximum atomic E-state index is 13.0. The van der Waals surface area contributed by atoms with Gasteiger partial charge in [0.05, 0.1) is 15.7 Å². The van der Waals surface area contributed by atoms with Gasteiger partial charge in [0.1, 0.15) is 0 Å². The number of benzene rings is 2. The Labute approximate surface area is 178 Å². The molecule has 2 amide bonds. The second-order valence-electron chi connectivity index (χ2n) is 6.26. The molecule has 2 aromatic rings. The van der Waals surface area contributed by atoms with Crippen molar-refractivity contribution in [3.8, 4) is 0 Å². The number of halogens is 2. The Morgan fingerprint density at radius 1 is 1.14 bits per heavy atom. The highest BCUT2D eigenvalue weighted by Gasteiger charge is 2.25. The fourth-order valence-corrected chi connectivity index (χ4v) is 3.90. The number of hydrogen-bond donors (Lipinski definition) is 1. The summed E-state index contributed by atoms with van der Waals surface area (Å²) in [7, 11) is 0. The summed E-state index contributed by atoms with van der Waals surface area (Å²) in [6.07, 6.45) is 0.900. The number of hydrogen-bond acceptors (Lipinski definition) is 4. The summed E-state index contributed by atoms with van der Waals surface area (Å²) in [6, 6.07) is 12.4. The van der Waals surface area contributed by atoms with Crippen LogP contribution in [0.4, 0.5) is 5.69 Å². The Balaban J connectivity index is 1.79. The highest BCUT2D eigenvalue weighted by atomic mass is 35.5. The Morgan fingerprint density at radius 3 is 2.57 bits per heavy atom. The summed E-state index contributed by atoms with van der Waals surface area (Å²) in [5.74, 6) is 0.713. The lowest BCUT2D eigenvalue weighted by Gasteiger charge is -2.28. The van der Waals surface area contributed by atoms with Crippen molar-refractivity contribution in [2.75, 3.05) is 12.3 Å².